The molecule has 27 heavy (non-hydrogen) atoms. The number of para-hydroxylation sites is 1. The Morgan fingerprint density at radius 1 is 1.37 bits per heavy atom. The van der Waals surface area contributed by atoms with E-state index >= 15 is 0 Å². The third-order valence-corrected chi connectivity index (χ3v) is 6.64. The van der Waals surface area contributed by atoms with Crippen molar-refractivity contribution >= 4 is 32.8 Å². The predicted molar refractivity (Wildman–Crippen MR) is 105 cm³/mol. The number of ether oxygens (including phenoxy) is 1. The molecule has 0 aliphatic carbocycles. The number of nitrogens with zero attached hydrogens (tertiary/aromatic N) is 1. The summed E-state index contributed by atoms with van der Waals surface area (Å²) in [5.74, 6) is 0.768. The van der Waals surface area contributed by atoms with Gasteiger partial charge in [-0.05, 0) is 18.6 Å². The van der Waals surface area contributed by atoms with Gasteiger partial charge >= 0.3 is 0 Å². The van der Waals surface area contributed by atoms with Crippen LogP contribution in [0.25, 0.3) is 17.0 Å². The highest BCUT2D eigenvalue weighted by Crippen LogP contribution is 2.27. The number of carbonyl (C=O) groups excluding carboxylic acids is 1. The number of hydrogen-bond acceptors (Lipinski definition) is 5. The monoisotopic (exact) mass is 391 g/mol. The lowest BCUT2D eigenvalue weighted by Gasteiger charge is -2.26. The minimum Gasteiger partial charge on any atom is -0.460 e. The molecule has 1 aromatic carbocycles. The van der Waals surface area contributed by atoms with Gasteiger partial charge in [-0.15, -0.1) is 0 Å². The molecule has 3 rings (SSSR count). The van der Waals surface area contributed by atoms with E-state index in [0.29, 0.717) is 19.6 Å². The lowest BCUT2D eigenvalue weighted by Crippen LogP contribution is -2.42. The molecule has 146 valence electrons. The highest BCUT2D eigenvalue weighted by atomic mass is 32.2. The number of hydrogen-bond donors (Lipinski definition) is 0. The van der Waals surface area contributed by atoms with Crippen molar-refractivity contribution in [2.24, 2.45) is 0 Å². The van der Waals surface area contributed by atoms with Gasteiger partial charge in [0.15, 0.2) is 9.84 Å². The van der Waals surface area contributed by atoms with Crippen LogP contribution in [-0.4, -0.2) is 57.0 Å². The molecular formula is C20H25NO5S. The van der Waals surface area contributed by atoms with E-state index in [-0.39, 0.29) is 23.5 Å². The summed E-state index contributed by atoms with van der Waals surface area (Å²) in [6.45, 7) is 2.74. The maximum Gasteiger partial charge on any atom is 0.246 e. The van der Waals surface area contributed by atoms with Crippen LogP contribution in [-0.2, 0) is 25.8 Å². The predicted octanol–water partition coefficient (Wildman–Crippen LogP) is 2.67. The van der Waals surface area contributed by atoms with Crippen molar-refractivity contribution in [3.63, 3.8) is 0 Å². The maximum absolute atomic E-state index is 12.8. The molecule has 6 nitrogen and oxygen atoms in total. The van der Waals surface area contributed by atoms with Gasteiger partial charge in [-0.3, -0.25) is 4.79 Å². The van der Waals surface area contributed by atoms with Gasteiger partial charge in [0.05, 0.1) is 18.1 Å². The maximum atomic E-state index is 12.8. The van der Waals surface area contributed by atoms with E-state index in [1.165, 1.54) is 6.08 Å². The molecule has 1 aliphatic rings. The van der Waals surface area contributed by atoms with E-state index < -0.39 is 9.84 Å². The van der Waals surface area contributed by atoms with Crippen molar-refractivity contribution in [1.82, 2.24) is 4.90 Å². The molecule has 1 fully saturated rings. The Morgan fingerprint density at radius 3 is 2.81 bits per heavy atom. The van der Waals surface area contributed by atoms with Gasteiger partial charge in [0.2, 0.25) is 5.91 Å². The first kappa shape index (κ1) is 19.6. The first-order valence-electron chi connectivity index (χ1n) is 9.13. The van der Waals surface area contributed by atoms with Gasteiger partial charge in [-0.25, -0.2) is 8.42 Å². The Balaban J connectivity index is 1.85. The van der Waals surface area contributed by atoms with Crippen molar-refractivity contribution < 1.29 is 22.4 Å². The van der Waals surface area contributed by atoms with Crippen LogP contribution < -0.4 is 0 Å². The van der Waals surface area contributed by atoms with Crippen molar-refractivity contribution in [1.29, 1.82) is 0 Å². The summed E-state index contributed by atoms with van der Waals surface area (Å²) in [5, 5.41) is 0.963. The second-order valence-electron chi connectivity index (χ2n) is 6.70. The fourth-order valence-corrected chi connectivity index (χ4v) is 5.23. The first-order valence-corrected chi connectivity index (χ1v) is 11.0. The molecule has 1 aliphatic heterocycles. The number of aryl methyl sites for hydroxylation is 1. The Hall–Kier alpha value is -2.12. The van der Waals surface area contributed by atoms with Gasteiger partial charge < -0.3 is 14.1 Å². The van der Waals surface area contributed by atoms with Crippen LogP contribution in [0.2, 0.25) is 0 Å². The van der Waals surface area contributed by atoms with Crippen LogP contribution in [0.3, 0.4) is 0 Å². The molecule has 1 atom stereocenters. The molecule has 1 aromatic heterocycles. The number of amides is 1. The summed E-state index contributed by atoms with van der Waals surface area (Å²) in [5.41, 5.74) is 1.69. The third-order valence-electron chi connectivity index (χ3n) is 4.89. The number of methoxy groups -OCH3 is 1. The molecule has 0 spiro atoms. The van der Waals surface area contributed by atoms with Crippen molar-refractivity contribution in [3.05, 3.63) is 41.7 Å². The lowest BCUT2D eigenvalue weighted by atomic mass is 10.1. The highest BCUT2D eigenvalue weighted by molar-refractivity contribution is 7.91. The minimum atomic E-state index is -3.07. The topological polar surface area (TPSA) is 76.8 Å². The second kappa shape index (κ2) is 8.27. The quantitative estimate of drug-likeness (QED) is 0.678. The highest BCUT2D eigenvalue weighted by Gasteiger charge is 2.33. The molecule has 0 N–H and O–H groups in total. The summed E-state index contributed by atoms with van der Waals surface area (Å²) in [4.78, 5) is 14.4. The Labute approximate surface area is 159 Å². The van der Waals surface area contributed by atoms with Crippen LogP contribution in [0, 0.1) is 0 Å². The summed E-state index contributed by atoms with van der Waals surface area (Å²) in [6, 6.07) is 7.42. The molecule has 1 unspecified atom stereocenters. The number of fused-ring (bicyclic) bond motifs is 1. The van der Waals surface area contributed by atoms with Crippen LogP contribution in [0.5, 0.6) is 0 Å². The normalized spacial score (nSPS) is 19.1. The average molecular weight is 391 g/mol. The van der Waals surface area contributed by atoms with Crippen molar-refractivity contribution in [2.45, 2.75) is 25.8 Å². The summed E-state index contributed by atoms with van der Waals surface area (Å²) in [6.07, 6.45) is 4.48. The van der Waals surface area contributed by atoms with Crippen molar-refractivity contribution in [3.8, 4) is 0 Å². The molecule has 1 amide bonds. The van der Waals surface area contributed by atoms with Gasteiger partial charge in [-0.1, -0.05) is 25.1 Å². The van der Waals surface area contributed by atoms with Crippen LogP contribution >= 0.6 is 0 Å². The molecular weight excluding hydrogens is 366 g/mol. The van der Waals surface area contributed by atoms with E-state index in [0.717, 1.165) is 28.7 Å². The zero-order valence-corrected chi connectivity index (χ0v) is 16.5. The number of furan rings is 1. The van der Waals surface area contributed by atoms with E-state index in [1.54, 1.807) is 18.1 Å². The van der Waals surface area contributed by atoms with E-state index in [1.807, 2.05) is 31.2 Å². The smallest absolute Gasteiger partial charge is 0.246 e. The van der Waals surface area contributed by atoms with Gasteiger partial charge in [0.25, 0.3) is 0 Å². The number of sulfone groups is 1. The second-order valence-corrected chi connectivity index (χ2v) is 8.93. The molecule has 1 saturated heterocycles. The molecule has 2 heterocycles. The Morgan fingerprint density at radius 2 is 2.15 bits per heavy atom. The summed E-state index contributed by atoms with van der Waals surface area (Å²) < 4.78 is 34.6. The molecule has 7 heteroatoms. The minimum absolute atomic E-state index is 0.0190. The van der Waals surface area contributed by atoms with Crippen LogP contribution in [0.1, 0.15) is 24.7 Å². The summed E-state index contributed by atoms with van der Waals surface area (Å²) >= 11 is 0. The molecule has 0 bridgehead atoms. The zero-order chi connectivity index (χ0) is 19.4. The van der Waals surface area contributed by atoms with Crippen LogP contribution in [0.15, 0.2) is 34.8 Å². The molecule has 0 radical (unpaired) electrons. The van der Waals surface area contributed by atoms with E-state index in [2.05, 4.69) is 0 Å². The van der Waals surface area contributed by atoms with Crippen molar-refractivity contribution in [2.75, 3.05) is 31.8 Å². The van der Waals surface area contributed by atoms with Gasteiger partial charge in [-0.2, -0.15) is 0 Å². The number of rotatable bonds is 7. The lowest BCUT2D eigenvalue weighted by molar-refractivity contribution is -0.128. The third kappa shape index (κ3) is 4.42. The largest absolute Gasteiger partial charge is 0.460 e. The average Bonchev–Trinajstić information content (AvgIpc) is 3.19. The van der Waals surface area contributed by atoms with Gasteiger partial charge in [0.1, 0.15) is 11.3 Å². The van der Waals surface area contributed by atoms with Crippen LogP contribution in [0.4, 0.5) is 0 Å². The SMILES string of the molecule is CCc1oc2ccccc2c1/C=C/C(=O)N(CCOC)C1CCS(=O)(=O)C1. The zero-order valence-electron chi connectivity index (χ0n) is 15.7. The molecule has 0 saturated carbocycles. The van der Waals surface area contributed by atoms with E-state index in [4.69, 9.17) is 9.15 Å². The number of benzene rings is 1. The number of carbonyl (C=O) groups is 1. The first-order chi connectivity index (χ1) is 12.9. The fourth-order valence-electron chi connectivity index (χ4n) is 3.50. The Kier molecular flexibility index (Phi) is 6.01. The standard InChI is InChI=1S/C20H25NO5S/c1-3-18-17(16-6-4-5-7-19(16)26-18)8-9-20(22)21(11-12-25-2)15-10-13-27(23,24)14-15/h4-9,15H,3,10-14H2,1-2H3/b9-8+. The van der Waals surface area contributed by atoms with Gasteiger partial charge in [0, 0.05) is 43.1 Å². The summed E-state index contributed by atoms with van der Waals surface area (Å²) in [7, 11) is -1.51. The fraction of sp³-hybridized carbons (Fsp3) is 0.450. The molecule has 2 aromatic rings. The van der Waals surface area contributed by atoms with E-state index in [9.17, 15) is 13.2 Å². The Bertz CT molecular complexity index is 944.